The predicted octanol–water partition coefficient (Wildman–Crippen LogP) is 3.83. The monoisotopic (exact) mass is 471 g/mol. The maximum atomic E-state index is 12.3. The van der Waals surface area contributed by atoms with Crippen molar-refractivity contribution in [3.05, 3.63) is 95.8 Å². The molecule has 5 rings (SSSR count). The highest BCUT2D eigenvalue weighted by Gasteiger charge is 2.18. The minimum absolute atomic E-state index is 0.154. The Balaban J connectivity index is 1.30. The maximum absolute atomic E-state index is 12.3. The van der Waals surface area contributed by atoms with E-state index >= 15 is 0 Å². The van der Waals surface area contributed by atoms with E-state index in [0.29, 0.717) is 11.6 Å². The van der Waals surface area contributed by atoms with Gasteiger partial charge >= 0.3 is 0 Å². The molecule has 0 bridgehead atoms. The summed E-state index contributed by atoms with van der Waals surface area (Å²) >= 11 is 1.31. The second-order valence-electron chi connectivity index (χ2n) is 7.43. The smallest absolute Gasteiger partial charge is 0.250 e. The number of para-hydroxylation sites is 1. The van der Waals surface area contributed by atoms with Crippen molar-refractivity contribution in [2.45, 2.75) is 11.6 Å². The Kier molecular flexibility index (Phi) is 6.53. The molecule has 34 heavy (non-hydrogen) atoms. The molecule has 1 N–H and O–H groups in total. The molecular weight excluding hydrogens is 450 g/mol. The van der Waals surface area contributed by atoms with Crippen molar-refractivity contribution >= 4 is 23.9 Å². The maximum Gasteiger partial charge on any atom is 0.250 e. The Bertz CT molecular complexity index is 1310. The number of carbonyl (C=O) groups excluding carboxylic acids is 1. The summed E-state index contributed by atoms with van der Waals surface area (Å²) in [5.74, 6) is 2.16. The first-order chi connectivity index (χ1) is 16.8. The van der Waals surface area contributed by atoms with Crippen LogP contribution in [0.3, 0.4) is 0 Å². The number of hydrazone groups is 1. The van der Waals surface area contributed by atoms with Crippen LogP contribution in [-0.2, 0) is 11.2 Å². The van der Waals surface area contributed by atoms with Crippen LogP contribution < -0.4 is 14.9 Å². The van der Waals surface area contributed by atoms with E-state index in [2.05, 4.69) is 20.7 Å². The van der Waals surface area contributed by atoms with Gasteiger partial charge in [-0.1, -0.05) is 66.4 Å². The van der Waals surface area contributed by atoms with Crippen molar-refractivity contribution < 1.29 is 14.3 Å². The quantitative estimate of drug-likeness (QED) is 0.239. The molecule has 1 aromatic heterocycles. The van der Waals surface area contributed by atoms with Crippen molar-refractivity contribution in [3.8, 4) is 17.2 Å². The van der Waals surface area contributed by atoms with Crippen molar-refractivity contribution in [2.24, 2.45) is 5.10 Å². The number of rotatable bonds is 8. The molecule has 0 saturated carbocycles. The van der Waals surface area contributed by atoms with Crippen LogP contribution in [0.15, 0.2) is 89.1 Å². The van der Waals surface area contributed by atoms with Gasteiger partial charge in [0.15, 0.2) is 16.7 Å². The lowest BCUT2D eigenvalue weighted by Gasteiger charge is -2.10. The highest BCUT2D eigenvalue weighted by Crippen LogP contribution is 2.33. The van der Waals surface area contributed by atoms with Gasteiger partial charge < -0.3 is 9.47 Å². The Labute approximate surface area is 200 Å². The molecule has 0 fully saturated rings. The van der Waals surface area contributed by atoms with Gasteiger partial charge in [0.05, 0.1) is 12.0 Å². The Morgan fingerprint density at radius 1 is 1.00 bits per heavy atom. The number of fused-ring (bicyclic) bond motifs is 1. The molecular formula is C25H21N5O3S. The lowest BCUT2D eigenvalue weighted by molar-refractivity contribution is -0.118. The summed E-state index contributed by atoms with van der Waals surface area (Å²) in [4.78, 5) is 12.3. The van der Waals surface area contributed by atoms with Gasteiger partial charge in [0.2, 0.25) is 6.79 Å². The molecule has 0 unspecified atom stereocenters. The van der Waals surface area contributed by atoms with Crippen LogP contribution in [0.1, 0.15) is 17.0 Å². The largest absolute Gasteiger partial charge is 0.454 e. The summed E-state index contributed by atoms with van der Waals surface area (Å²) in [6.07, 6.45) is 2.16. The second kappa shape index (κ2) is 10.2. The van der Waals surface area contributed by atoms with Gasteiger partial charge in [-0.3, -0.25) is 9.36 Å². The second-order valence-corrected chi connectivity index (χ2v) is 8.37. The summed E-state index contributed by atoms with van der Waals surface area (Å²) in [7, 11) is 0. The normalized spacial score (nSPS) is 12.2. The van der Waals surface area contributed by atoms with Crippen LogP contribution in [0.2, 0.25) is 0 Å². The van der Waals surface area contributed by atoms with Crippen LogP contribution in [0.25, 0.3) is 5.69 Å². The molecule has 2 heterocycles. The van der Waals surface area contributed by atoms with Crippen LogP contribution >= 0.6 is 11.8 Å². The van der Waals surface area contributed by atoms with Crippen LogP contribution in [0, 0.1) is 0 Å². The van der Waals surface area contributed by atoms with E-state index in [0.717, 1.165) is 34.1 Å². The topological polar surface area (TPSA) is 90.6 Å². The first-order valence-electron chi connectivity index (χ1n) is 10.6. The van der Waals surface area contributed by atoms with E-state index in [-0.39, 0.29) is 18.5 Å². The molecule has 9 heteroatoms. The average Bonchev–Trinajstić information content (AvgIpc) is 3.50. The van der Waals surface area contributed by atoms with Gasteiger partial charge in [0.25, 0.3) is 5.91 Å². The number of nitrogens with zero attached hydrogens (tertiary/aromatic N) is 4. The third-order valence-corrected chi connectivity index (χ3v) is 5.98. The third kappa shape index (κ3) is 5.10. The van der Waals surface area contributed by atoms with Crippen LogP contribution in [0.5, 0.6) is 11.5 Å². The van der Waals surface area contributed by atoms with E-state index in [1.165, 1.54) is 11.8 Å². The van der Waals surface area contributed by atoms with Crippen molar-refractivity contribution in [1.82, 2.24) is 20.2 Å². The Morgan fingerprint density at radius 3 is 2.59 bits per heavy atom. The summed E-state index contributed by atoms with van der Waals surface area (Å²) in [5, 5.41) is 13.4. The molecule has 0 aliphatic carbocycles. The van der Waals surface area contributed by atoms with Gasteiger partial charge in [0.1, 0.15) is 5.82 Å². The number of carbonyl (C=O) groups is 1. The third-order valence-electron chi connectivity index (χ3n) is 5.05. The SMILES string of the molecule is O=C(CSc1nnc(Cc2ccc3c(c2)OCO3)n1-c1ccccc1)NN=Cc1ccccc1. The number of amides is 1. The molecule has 3 aromatic carbocycles. The van der Waals surface area contributed by atoms with Crippen molar-refractivity contribution in [1.29, 1.82) is 0 Å². The van der Waals surface area contributed by atoms with Gasteiger partial charge in [-0.2, -0.15) is 5.10 Å². The summed E-state index contributed by atoms with van der Waals surface area (Å²) < 4.78 is 12.9. The molecule has 0 radical (unpaired) electrons. The molecule has 1 amide bonds. The molecule has 0 saturated heterocycles. The van der Waals surface area contributed by atoms with E-state index < -0.39 is 0 Å². The van der Waals surface area contributed by atoms with Crippen molar-refractivity contribution in [2.75, 3.05) is 12.5 Å². The minimum Gasteiger partial charge on any atom is -0.454 e. The zero-order valence-corrected chi connectivity index (χ0v) is 18.9. The van der Waals surface area contributed by atoms with Gasteiger partial charge in [-0.25, -0.2) is 5.43 Å². The highest BCUT2D eigenvalue weighted by molar-refractivity contribution is 7.99. The van der Waals surface area contributed by atoms with Crippen LogP contribution in [0.4, 0.5) is 0 Å². The fourth-order valence-electron chi connectivity index (χ4n) is 3.46. The van der Waals surface area contributed by atoms with Gasteiger partial charge in [0, 0.05) is 12.1 Å². The molecule has 170 valence electrons. The van der Waals surface area contributed by atoms with Crippen molar-refractivity contribution in [3.63, 3.8) is 0 Å². The number of benzene rings is 3. The number of thioether (sulfide) groups is 1. The zero-order chi connectivity index (χ0) is 23.2. The molecule has 1 aliphatic rings. The fraction of sp³-hybridized carbons (Fsp3) is 0.120. The summed E-state index contributed by atoms with van der Waals surface area (Å²) in [5.41, 5.74) is 5.42. The van der Waals surface area contributed by atoms with Gasteiger partial charge in [-0.05, 0) is 35.4 Å². The number of nitrogens with one attached hydrogen (secondary N) is 1. The molecule has 8 nitrogen and oxygen atoms in total. The van der Waals surface area contributed by atoms with Crippen LogP contribution in [-0.4, -0.2) is 39.4 Å². The lowest BCUT2D eigenvalue weighted by atomic mass is 10.1. The first kappa shape index (κ1) is 21.7. The van der Waals surface area contributed by atoms with E-state index in [4.69, 9.17) is 9.47 Å². The number of hydrogen-bond acceptors (Lipinski definition) is 7. The van der Waals surface area contributed by atoms with Gasteiger partial charge in [-0.15, -0.1) is 10.2 Å². The minimum atomic E-state index is -0.225. The summed E-state index contributed by atoms with van der Waals surface area (Å²) in [6.45, 7) is 0.233. The van der Waals surface area contributed by atoms with E-state index in [1.807, 2.05) is 83.4 Å². The molecule has 0 spiro atoms. The van der Waals surface area contributed by atoms with E-state index in [9.17, 15) is 4.79 Å². The first-order valence-corrected chi connectivity index (χ1v) is 11.6. The number of aromatic nitrogens is 3. The Morgan fingerprint density at radius 2 is 1.76 bits per heavy atom. The zero-order valence-electron chi connectivity index (χ0n) is 18.1. The summed E-state index contributed by atoms with van der Waals surface area (Å²) in [6, 6.07) is 25.3. The number of ether oxygens (including phenoxy) is 2. The fourth-order valence-corrected chi connectivity index (χ4v) is 4.22. The average molecular weight is 472 g/mol. The standard InChI is InChI=1S/C25H21N5O3S/c31-24(28-26-15-18-7-3-1-4-8-18)16-34-25-29-27-23(30(25)20-9-5-2-6-10-20)14-19-11-12-21-22(13-19)33-17-32-21/h1-13,15H,14,16-17H2,(H,28,31). The number of hydrogen-bond donors (Lipinski definition) is 1. The predicted molar refractivity (Wildman–Crippen MR) is 130 cm³/mol. The Hall–Kier alpha value is -4.11. The van der Waals surface area contributed by atoms with E-state index in [1.54, 1.807) is 6.21 Å². The molecule has 1 aliphatic heterocycles. The lowest BCUT2D eigenvalue weighted by Crippen LogP contribution is -2.20. The highest BCUT2D eigenvalue weighted by atomic mass is 32.2. The molecule has 0 atom stereocenters. The molecule has 4 aromatic rings.